The molecule has 1 saturated carbocycles. The van der Waals surface area contributed by atoms with Gasteiger partial charge in [0, 0.05) is 24.0 Å². The number of hydrogen-bond acceptors (Lipinski definition) is 4. The molecule has 0 atom stereocenters. The quantitative estimate of drug-likeness (QED) is 0.750. The molecule has 0 radical (unpaired) electrons. The van der Waals surface area contributed by atoms with Crippen LogP contribution in [-0.2, 0) is 16.6 Å². The molecule has 1 aliphatic carbocycles. The summed E-state index contributed by atoms with van der Waals surface area (Å²) in [6.45, 7) is 8.04. The lowest BCUT2D eigenvalue weighted by molar-refractivity contribution is 0.420. The van der Waals surface area contributed by atoms with Gasteiger partial charge in [-0.2, -0.15) is 4.31 Å². The van der Waals surface area contributed by atoms with Gasteiger partial charge in [-0.1, -0.05) is 13.8 Å². The monoisotopic (exact) mass is 316 g/mol. The Labute approximate surface area is 126 Å². The molecule has 0 unspecified atom stereocenters. The molecule has 2 rings (SSSR count). The summed E-state index contributed by atoms with van der Waals surface area (Å²) in [4.78, 5) is 1.48. The highest BCUT2D eigenvalue weighted by Crippen LogP contribution is 2.35. The molecule has 0 saturated heterocycles. The molecule has 0 aromatic carbocycles. The van der Waals surface area contributed by atoms with Gasteiger partial charge in [0.25, 0.3) is 0 Å². The van der Waals surface area contributed by atoms with Crippen molar-refractivity contribution in [3.8, 4) is 0 Å². The van der Waals surface area contributed by atoms with Crippen LogP contribution in [0.1, 0.15) is 43.6 Å². The van der Waals surface area contributed by atoms with Crippen molar-refractivity contribution in [3.63, 3.8) is 0 Å². The number of nitrogens with one attached hydrogen (secondary N) is 1. The zero-order valence-corrected chi connectivity index (χ0v) is 14.1. The van der Waals surface area contributed by atoms with Crippen molar-refractivity contribution < 1.29 is 8.42 Å². The minimum Gasteiger partial charge on any atom is -0.312 e. The number of hydrogen-bond donors (Lipinski definition) is 1. The smallest absolute Gasteiger partial charge is 0.244 e. The summed E-state index contributed by atoms with van der Waals surface area (Å²) >= 11 is 1.55. The fourth-order valence-corrected chi connectivity index (χ4v) is 5.87. The molecular formula is C14H24N2O2S2. The lowest BCUT2D eigenvalue weighted by Crippen LogP contribution is -2.33. The minimum absolute atomic E-state index is 0.223. The highest BCUT2D eigenvalue weighted by Gasteiger charge is 2.38. The number of rotatable bonds is 8. The number of thiophene rings is 1. The van der Waals surface area contributed by atoms with E-state index < -0.39 is 10.0 Å². The van der Waals surface area contributed by atoms with E-state index in [1.165, 1.54) is 0 Å². The molecule has 1 heterocycles. The minimum atomic E-state index is -3.34. The van der Waals surface area contributed by atoms with E-state index in [2.05, 4.69) is 12.2 Å². The second-order valence-corrected chi connectivity index (χ2v) is 8.08. The van der Waals surface area contributed by atoms with E-state index in [4.69, 9.17) is 0 Å². The average molecular weight is 316 g/mol. The summed E-state index contributed by atoms with van der Waals surface area (Å²) in [7, 11) is -3.34. The Morgan fingerprint density at radius 2 is 2.10 bits per heavy atom. The second-order valence-electron chi connectivity index (χ2n) is 5.29. The van der Waals surface area contributed by atoms with E-state index in [0.717, 1.165) is 36.2 Å². The highest BCUT2D eigenvalue weighted by atomic mass is 32.2. The predicted molar refractivity (Wildman–Crippen MR) is 83.6 cm³/mol. The van der Waals surface area contributed by atoms with Gasteiger partial charge in [0.2, 0.25) is 10.0 Å². The summed E-state index contributed by atoms with van der Waals surface area (Å²) in [5.41, 5.74) is 0.877. The topological polar surface area (TPSA) is 49.4 Å². The first kappa shape index (κ1) is 15.9. The molecule has 1 aromatic rings. The summed E-state index contributed by atoms with van der Waals surface area (Å²) in [5, 5.41) is 5.26. The predicted octanol–water partition coefficient (Wildman–Crippen LogP) is 2.73. The third-order valence-corrected chi connectivity index (χ3v) is 7.03. The van der Waals surface area contributed by atoms with Gasteiger partial charge in [-0.3, -0.25) is 0 Å². The number of sulfonamides is 1. The molecule has 0 amide bonds. The van der Waals surface area contributed by atoms with Crippen molar-refractivity contribution >= 4 is 21.4 Å². The lowest BCUT2D eigenvalue weighted by Gasteiger charge is -2.21. The maximum atomic E-state index is 12.9. The Hall–Kier alpha value is -0.430. The van der Waals surface area contributed by atoms with Gasteiger partial charge < -0.3 is 5.32 Å². The van der Waals surface area contributed by atoms with E-state index in [-0.39, 0.29) is 6.04 Å². The van der Waals surface area contributed by atoms with Crippen LogP contribution in [0.4, 0.5) is 0 Å². The summed E-state index contributed by atoms with van der Waals surface area (Å²) in [6, 6.07) is 0.223. The SMILES string of the molecule is CCCNCc1scc(C)c1S(=O)(=O)N(CC)C1CC1. The summed E-state index contributed by atoms with van der Waals surface area (Å²) in [6.07, 6.45) is 3.05. The third kappa shape index (κ3) is 3.24. The van der Waals surface area contributed by atoms with E-state index in [1.807, 2.05) is 19.2 Å². The maximum absolute atomic E-state index is 12.9. The molecule has 1 aliphatic rings. The van der Waals surface area contributed by atoms with Crippen LogP contribution in [-0.4, -0.2) is 31.9 Å². The average Bonchev–Trinajstić information content (AvgIpc) is 3.14. The van der Waals surface area contributed by atoms with Crippen LogP contribution in [0.2, 0.25) is 0 Å². The van der Waals surface area contributed by atoms with Crippen molar-refractivity contribution in [1.82, 2.24) is 9.62 Å². The van der Waals surface area contributed by atoms with E-state index in [1.54, 1.807) is 15.6 Å². The molecule has 1 fully saturated rings. The van der Waals surface area contributed by atoms with Crippen molar-refractivity contribution in [2.45, 2.75) is 57.5 Å². The summed E-state index contributed by atoms with van der Waals surface area (Å²) in [5.74, 6) is 0. The van der Waals surface area contributed by atoms with Gasteiger partial charge in [0.15, 0.2) is 0 Å². The molecule has 4 nitrogen and oxygen atoms in total. The fourth-order valence-electron chi connectivity index (χ4n) is 2.44. The van der Waals surface area contributed by atoms with Gasteiger partial charge in [-0.05, 0) is 43.7 Å². The van der Waals surface area contributed by atoms with Gasteiger partial charge in [0.1, 0.15) is 4.90 Å². The van der Waals surface area contributed by atoms with Crippen molar-refractivity contribution in [3.05, 3.63) is 15.8 Å². The Kier molecular flexibility index (Phi) is 5.23. The van der Waals surface area contributed by atoms with Gasteiger partial charge >= 0.3 is 0 Å². The lowest BCUT2D eigenvalue weighted by atomic mass is 10.3. The molecule has 20 heavy (non-hydrogen) atoms. The Balaban J connectivity index is 2.28. The zero-order valence-electron chi connectivity index (χ0n) is 12.5. The molecule has 0 aliphatic heterocycles. The first-order valence-electron chi connectivity index (χ1n) is 7.31. The van der Waals surface area contributed by atoms with Crippen molar-refractivity contribution in [2.24, 2.45) is 0 Å². The molecule has 6 heteroatoms. The molecule has 0 bridgehead atoms. The highest BCUT2D eigenvalue weighted by molar-refractivity contribution is 7.89. The van der Waals surface area contributed by atoms with Gasteiger partial charge in [0.05, 0.1) is 0 Å². The number of aryl methyl sites for hydroxylation is 1. The number of nitrogens with zero attached hydrogens (tertiary/aromatic N) is 1. The van der Waals surface area contributed by atoms with Crippen LogP contribution < -0.4 is 5.32 Å². The fraction of sp³-hybridized carbons (Fsp3) is 0.714. The standard InChI is InChI=1S/C14H24N2O2S2/c1-4-8-15-9-13-14(11(3)10-19-13)20(17,18)16(5-2)12-6-7-12/h10,12,15H,4-9H2,1-3H3. The zero-order chi connectivity index (χ0) is 14.8. The largest absolute Gasteiger partial charge is 0.312 e. The van der Waals surface area contributed by atoms with Gasteiger partial charge in [-0.25, -0.2) is 8.42 Å². The Morgan fingerprint density at radius 3 is 2.65 bits per heavy atom. The van der Waals surface area contributed by atoms with Crippen LogP contribution >= 0.6 is 11.3 Å². The molecular weight excluding hydrogens is 292 g/mol. The van der Waals surface area contributed by atoms with E-state index >= 15 is 0 Å². The third-order valence-electron chi connectivity index (χ3n) is 3.53. The van der Waals surface area contributed by atoms with Crippen LogP contribution in [0.3, 0.4) is 0 Å². The van der Waals surface area contributed by atoms with Crippen LogP contribution in [0.25, 0.3) is 0 Å². The van der Waals surface area contributed by atoms with Crippen molar-refractivity contribution in [2.75, 3.05) is 13.1 Å². The van der Waals surface area contributed by atoms with Crippen LogP contribution in [0.15, 0.2) is 10.3 Å². The van der Waals surface area contributed by atoms with E-state index in [9.17, 15) is 8.42 Å². The first-order chi connectivity index (χ1) is 9.52. The molecule has 114 valence electrons. The molecule has 1 aromatic heterocycles. The van der Waals surface area contributed by atoms with Gasteiger partial charge in [-0.15, -0.1) is 11.3 Å². The van der Waals surface area contributed by atoms with E-state index in [0.29, 0.717) is 18.0 Å². The maximum Gasteiger partial charge on any atom is 0.244 e. The second kappa shape index (κ2) is 6.56. The van der Waals surface area contributed by atoms with Crippen LogP contribution in [0.5, 0.6) is 0 Å². The molecule has 1 N–H and O–H groups in total. The van der Waals surface area contributed by atoms with Crippen LogP contribution in [0, 0.1) is 6.92 Å². The summed E-state index contributed by atoms with van der Waals surface area (Å²) < 4.78 is 27.4. The molecule has 0 spiro atoms. The normalized spacial score (nSPS) is 16.0. The van der Waals surface area contributed by atoms with Crippen molar-refractivity contribution in [1.29, 1.82) is 0 Å². The Bertz CT molecular complexity index is 548. The first-order valence-corrected chi connectivity index (χ1v) is 9.63. The Morgan fingerprint density at radius 1 is 1.40 bits per heavy atom.